The standard InChI is InChI=1S/C17H14ClFN4O2S/c1-9-13(16-23-25-6-5-24-16)14(11-3-2-10(19)8-12(11)18)22-15(21-9)17-20-4-7-26-17/h2-4,7-8,14,23H,5-6H2,1H3. The molecule has 2 aliphatic rings. The van der Waals surface area contributed by atoms with Gasteiger partial charge in [0.2, 0.25) is 5.88 Å². The highest BCUT2D eigenvalue weighted by molar-refractivity contribution is 7.11. The van der Waals surface area contributed by atoms with Gasteiger partial charge in [0.1, 0.15) is 25.1 Å². The number of hydrogen-bond donors (Lipinski definition) is 1. The van der Waals surface area contributed by atoms with E-state index in [1.165, 1.54) is 23.5 Å². The monoisotopic (exact) mass is 392 g/mol. The Bertz CT molecular complexity index is 919. The van der Waals surface area contributed by atoms with Crippen molar-refractivity contribution in [1.82, 2.24) is 10.5 Å². The highest BCUT2D eigenvalue weighted by atomic mass is 35.5. The van der Waals surface area contributed by atoms with Gasteiger partial charge in [0.05, 0.1) is 11.3 Å². The molecule has 0 spiro atoms. The fourth-order valence-corrected chi connectivity index (χ4v) is 3.62. The molecule has 134 valence electrons. The third-order valence-corrected chi connectivity index (χ3v) is 5.01. The third-order valence-electron chi connectivity index (χ3n) is 3.91. The van der Waals surface area contributed by atoms with Gasteiger partial charge < -0.3 is 4.74 Å². The van der Waals surface area contributed by atoms with Gasteiger partial charge in [0.25, 0.3) is 0 Å². The summed E-state index contributed by atoms with van der Waals surface area (Å²) in [5, 5.41) is 2.84. The second-order valence-electron chi connectivity index (χ2n) is 5.60. The summed E-state index contributed by atoms with van der Waals surface area (Å²) in [6, 6.07) is 3.72. The van der Waals surface area contributed by atoms with Crippen molar-refractivity contribution in [3.63, 3.8) is 0 Å². The minimum Gasteiger partial charge on any atom is -0.475 e. The minimum atomic E-state index is -0.524. The molecule has 3 heterocycles. The smallest absolute Gasteiger partial charge is 0.218 e. The summed E-state index contributed by atoms with van der Waals surface area (Å²) in [5.74, 6) is 0.530. The molecular formula is C17H14ClFN4O2S. The molecule has 6 nitrogen and oxygen atoms in total. The molecule has 1 saturated heterocycles. The van der Waals surface area contributed by atoms with Gasteiger partial charge in [-0.15, -0.1) is 11.3 Å². The lowest BCUT2D eigenvalue weighted by atomic mass is 9.94. The van der Waals surface area contributed by atoms with E-state index in [1.807, 2.05) is 12.3 Å². The first-order valence-electron chi connectivity index (χ1n) is 7.86. The summed E-state index contributed by atoms with van der Waals surface area (Å²) in [6.45, 7) is 2.70. The molecule has 0 bridgehead atoms. The Balaban J connectivity index is 1.87. The van der Waals surface area contributed by atoms with Crippen LogP contribution in [0.4, 0.5) is 4.39 Å². The van der Waals surface area contributed by atoms with E-state index in [9.17, 15) is 4.39 Å². The first kappa shape index (κ1) is 17.1. The van der Waals surface area contributed by atoms with E-state index in [0.29, 0.717) is 46.8 Å². The molecule has 4 rings (SSSR count). The predicted molar refractivity (Wildman–Crippen MR) is 98.0 cm³/mol. The number of thiazole rings is 1. The van der Waals surface area contributed by atoms with Crippen molar-refractivity contribution in [3.05, 3.63) is 62.6 Å². The number of aliphatic imine (C=N–C) groups is 2. The summed E-state index contributed by atoms with van der Waals surface area (Å²) < 4.78 is 19.2. The Labute approximate surface area is 158 Å². The Morgan fingerprint density at radius 3 is 2.92 bits per heavy atom. The molecule has 0 saturated carbocycles. The maximum Gasteiger partial charge on any atom is 0.218 e. The van der Waals surface area contributed by atoms with Gasteiger partial charge in [-0.3, -0.25) is 9.83 Å². The molecule has 1 unspecified atom stereocenters. The van der Waals surface area contributed by atoms with E-state index in [1.54, 1.807) is 12.3 Å². The van der Waals surface area contributed by atoms with E-state index in [0.717, 1.165) is 0 Å². The largest absolute Gasteiger partial charge is 0.475 e. The molecule has 1 atom stereocenters. The molecular weight excluding hydrogens is 379 g/mol. The molecule has 1 N–H and O–H groups in total. The SMILES string of the molecule is CC1=NC(c2nccs2)=NC(c2ccc(F)cc2Cl)C1=C1NOCCO1. The number of hydrogen-bond acceptors (Lipinski definition) is 7. The fraction of sp³-hybridized carbons (Fsp3) is 0.235. The first-order chi connectivity index (χ1) is 12.6. The van der Waals surface area contributed by atoms with Crippen LogP contribution in [0.3, 0.4) is 0 Å². The van der Waals surface area contributed by atoms with Crippen LogP contribution in [0.5, 0.6) is 0 Å². The van der Waals surface area contributed by atoms with E-state index in [2.05, 4.69) is 15.5 Å². The summed E-state index contributed by atoms with van der Waals surface area (Å²) >= 11 is 7.75. The zero-order valence-electron chi connectivity index (χ0n) is 13.7. The van der Waals surface area contributed by atoms with Crippen LogP contribution < -0.4 is 5.48 Å². The maximum absolute atomic E-state index is 13.5. The number of amidine groups is 1. The number of rotatable bonds is 2. The molecule has 2 aliphatic heterocycles. The van der Waals surface area contributed by atoms with Crippen molar-refractivity contribution < 1.29 is 14.0 Å². The summed E-state index contributed by atoms with van der Waals surface area (Å²) in [6.07, 6.45) is 1.70. The highest BCUT2D eigenvalue weighted by Crippen LogP contribution is 2.37. The summed E-state index contributed by atoms with van der Waals surface area (Å²) in [4.78, 5) is 18.9. The molecule has 1 aromatic carbocycles. The van der Waals surface area contributed by atoms with Crippen LogP contribution in [0, 0.1) is 5.82 Å². The van der Waals surface area contributed by atoms with Gasteiger partial charge in [0.15, 0.2) is 10.8 Å². The van der Waals surface area contributed by atoms with Crippen LogP contribution >= 0.6 is 22.9 Å². The van der Waals surface area contributed by atoms with E-state index in [4.69, 9.17) is 26.2 Å². The van der Waals surface area contributed by atoms with Crippen molar-refractivity contribution >= 4 is 34.5 Å². The van der Waals surface area contributed by atoms with E-state index in [-0.39, 0.29) is 5.02 Å². The fourth-order valence-electron chi connectivity index (χ4n) is 2.77. The number of ether oxygens (including phenoxy) is 1. The molecule has 0 aliphatic carbocycles. The number of nitrogens with zero attached hydrogens (tertiary/aromatic N) is 3. The first-order valence-corrected chi connectivity index (χ1v) is 9.12. The van der Waals surface area contributed by atoms with Crippen LogP contribution in [0.15, 0.2) is 51.2 Å². The van der Waals surface area contributed by atoms with Gasteiger partial charge >= 0.3 is 0 Å². The summed E-state index contributed by atoms with van der Waals surface area (Å²) in [5.41, 5.74) is 4.82. The van der Waals surface area contributed by atoms with Gasteiger partial charge in [0, 0.05) is 22.2 Å². The molecule has 0 radical (unpaired) electrons. The Kier molecular flexibility index (Phi) is 4.71. The topological polar surface area (TPSA) is 68.1 Å². The Morgan fingerprint density at radius 2 is 2.23 bits per heavy atom. The second kappa shape index (κ2) is 7.14. The predicted octanol–water partition coefficient (Wildman–Crippen LogP) is 3.66. The number of benzene rings is 1. The molecule has 1 aromatic heterocycles. The second-order valence-corrected chi connectivity index (χ2v) is 6.90. The van der Waals surface area contributed by atoms with Gasteiger partial charge in [-0.05, 0) is 19.1 Å². The number of halogens is 2. The average Bonchev–Trinajstić information content (AvgIpc) is 3.16. The van der Waals surface area contributed by atoms with Crippen molar-refractivity contribution in [2.75, 3.05) is 13.2 Å². The molecule has 26 heavy (non-hydrogen) atoms. The molecule has 0 amide bonds. The van der Waals surface area contributed by atoms with Crippen molar-refractivity contribution in [2.24, 2.45) is 9.98 Å². The quantitative estimate of drug-likeness (QED) is 0.846. The zero-order valence-corrected chi connectivity index (χ0v) is 15.3. The molecule has 9 heteroatoms. The number of nitrogens with one attached hydrogen (secondary N) is 1. The lowest BCUT2D eigenvalue weighted by Crippen LogP contribution is -2.31. The lowest BCUT2D eigenvalue weighted by molar-refractivity contribution is -0.0586. The minimum absolute atomic E-state index is 0.279. The zero-order chi connectivity index (χ0) is 18.1. The van der Waals surface area contributed by atoms with Crippen LogP contribution in [-0.2, 0) is 9.57 Å². The van der Waals surface area contributed by atoms with Crippen LogP contribution in [-0.4, -0.2) is 29.7 Å². The van der Waals surface area contributed by atoms with Crippen LogP contribution in [0.25, 0.3) is 0 Å². The van der Waals surface area contributed by atoms with Crippen molar-refractivity contribution in [3.8, 4) is 0 Å². The van der Waals surface area contributed by atoms with Crippen molar-refractivity contribution in [2.45, 2.75) is 13.0 Å². The number of hydroxylamine groups is 1. The lowest BCUT2D eigenvalue weighted by Gasteiger charge is -2.27. The van der Waals surface area contributed by atoms with Crippen molar-refractivity contribution in [1.29, 1.82) is 0 Å². The van der Waals surface area contributed by atoms with Crippen LogP contribution in [0.1, 0.15) is 23.5 Å². The highest BCUT2D eigenvalue weighted by Gasteiger charge is 2.31. The average molecular weight is 393 g/mol. The van der Waals surface area contributed by atoms with Gasteiger partial charge in [-0.25, -0.2) is 19.8 Å². The maximum atomic E-state index is 13.5. The summed E-state index contributed by atoms with van der Waals surface area (Å²) in [7, 11) is 0. The third kappa shape index (κ3) is 3.23. The van der Waals surface area contributed by atoms with Crippen LogP contribution in [0.2, 0.25) is 5.02 Å². The van der Waals surface area contributed by atoms with E-state index >= 15 is 0 Å². The van der Waals surface area contributed by atoms with E-state index < -0.39 is 11.9 Å². The molecule has 2 aromatic rings. The van der Waals surface area contributed by atoms with Gasteiger partial charge in [-0.2, -0.15) is 0 Å². The Morgan fingerprint density at radius 1 is 1.35 bits per heavy atom. The Hall–Kier alpha value is -2.29. The molecule has 1 fully saturated rings. The number of aromatic nitrogens is 1. The normalized spacial score (nSPS) is 23.0. The van der Waals surface area contributed by atoms with Gasteiger partial charge in [-0.1, -0.05) is 17.7 Å².